The first-order valence-electron chi connectivity index (χ1n) is 41.4. The van der Waals surface area contributed by atoms with E-state index in [9.17, 15) is 58.1 Å². The first-order chi connectivity index (χ1) is 66.1. The van der Waals surface area contributed by atoms with Gasteiger partial charge in [-0.05, 0) is 442 Å². The Labute approximate surface area is 868 Å². The molecule has 0 spiro atoms. The number of aromatic hydroxyl groups is 7. The first kappa shape index (κ1) is 110. The van der Waals surface area contributed by atoms with E-state index in [1.807, 2.05) is 200 Å². The predicted molar refractivity (Wildman–Crippen MR) is 574 cm³/mol. The van der Waals surface area contributed by atoms with Crippen LogP contribution in [0.15, 0.2) is 309 Å². The lowest BCUT2D eigenvalue weighted by Gasteiger charge is -2.08. The Balaban J connectivity index is 0.000000182. The molecule has 0 atom stereocenters. The number of carbonyl (C=O) groups excluding carboxylic acids is 1. The molecule has 0 saturated heterocycles. The molecule has 0 saturated carbocycles. The van der Waals surface area contributed by atoms with Crippen LogP contribution in [-0.2, 0) is 17.3 Å². The van der Waals surface area contributed by atoms with E-state index in [0.29, 0.717) is 105 Å². The number of esters is 1. The second-order valence-electron chi connectivity index (χ2n) is 30.2. The number of phenols is 7. The molecule has 712 valence electrons. The van der Waals surface area contributed by atoms with Crippen LogP contribution in [0.3, 0.4) is 0 Å². The van der Waals surface area contributed by atoms with Crippen LogP contribution >= 0.6 is 135 Å². The van der Waals surface area contributed by atoms with Gasteiger partial charge in [0.25, 0.3) is 0 Å². The lowest BCUT2D eigenvalue weighted by atomic mass is 10.1. The molecule has 8 N–H and O–H groups in total. The normalized spacial score (nSPS) is 11.2. The van der Waals surface area contributed by atoms with Crippen molar-refractivity contribution in [3.63, 3.8) is 0 Å². The molecular weight excluding hydrogens is 2280 g/mol. The number of nitriles is 1. The number of aromatic amines is 1. The van der Waals surface area contributed by atoms with Crippen LogP contribution in [0.25, 0.3) is 11.0 Å². The van der Waals surface area contributed by atoms with Gasteiger partial charge in [0.1, 0.15) is 62.8 Å². The summed E-state index contributed by atoms with van der Waals surface area (Å²) in [5.41, 5.74) is 18.3. The summed E-state index contributed by atoms with van der Waals surface area (Å²) < 4.78 is 64.8. The van der Waals surface area contributed by atoms with Gasteiger partial charge in [-0.2, -0.15) is 33.8 Å². The average molecular weight is 2370 g/mol. The summed E-state index contributed by atoms with van der Waals surface area (Å²) in [5, 5.41) is 89.2. The molecule has 0 aliphatic rings. The minimum Gasteiger partial charge on any atom is -0.506 e. The van der Waals surface area contributed by atoms with Crippen molar-refractivity contribution < 1.29 is 67.6 Å². The van der Waals surface area contributed by atoms with Crippen molar-refractivity contribution in [3.05, 3.63) is 384 Å². The summed E-state index contributed by atoms with van der Waals surface area (Å²) in [6.07, 6.45) is 6.99. The van der Waals surface area contributed by atoms with E-state index >= 15 is 0 Å². The molecule has 34 heteroatoms. The standard InChI is InChI=1S/C17H16BrNO3.C16H13BrN2O.C15H10BrClF3NO.C15H14BrNO2.C14H11BrClNO.C14H11BrFNO.C14H11BrN4O/c1-3-22-17(21)12-4-6-14(7-5-12)19-10-13-8-11(2)9-15(18)16(13)20;1-11-8-13(16(20)15(17)9-11)10-19-14-4-2-12(3-5-14)6-7-18;1-8-4-9(14(22)11(16)5-8)7-21-13-3-2-10(6-12(13)17)15(18,19)20;1-10-7-11(15(18)14(16)8-10)9-17-12-3-5-13(19-2)6-4-12;2*1-9-6-10(14(18)13(15)7-9)8-17-12-4-2-11(16)3-5-12;1-8-4-9(14(20)11(15)5-8)7-16-10-2-3-12-13(6-10)18-19-17-12/h4-10,20H,3H2,1-2H3;2-5,8-10,20H,6H2,1H3;2-7,22H,1H3;3-9,18H,1-2H3;2*2-8,18H,1H3;2-7,20H,1H3,(H,17,18,19). The third kappa shape index (κ3) is 34.6. The highest BCUT2D eigenvalue weighted by molar-refractivity contribution is 9.11. The van der Waals surface area contributed by atoms with Gasteiger partial charge in [-0.3, -0.25) is 34.9 Å². The molecule has 15 aromatic rings. The third-order valence-electron chi connectivity index (χ3n) is 19.0. The Bertz CT molecular complexity index is 7010. The molecule has 0 bridgehead atoms. The highest BCUT2D eigenvalue weighted by Gasteiger charge is 2.31. The molecule has 1 heterocycles. The summed E-state index contributed by atoms with van der Waals surface area (Å²) in [5.74, 6) is 1.19. The molecule has 0 fully saturated rings. The number of rotatable bonds is 18. The maximum atomic E-state index is 12.7. The SMILES string of the molecule is CCOC(=O)c1ccc(N=Cc2cc(C)cc(Br)c2O)cc1.COc1ccc(N=Cc2cc(C)cc(Br)c2O)cc1.Cc1cc(Br)c(O)c(C=Nc2ccc(C(F)(F)F)cc2Cl)c1.Cc1cc(Br)c(O)c(C=Nc2ccc(CC#N)cc2)c1.Cc1cc(Br)c(O)c(C=Nc2ccc(Cl)cc2)c1.Cc1cc(Br)c(O)c(C=Nc2ccc(F)cc2)c1.Cc1cc(Br)c(O)c(C=Nc2ccc3n[nH]nc3c2)c1. The van der Waals surface area contributed by atoms with Crippen molar-refractivity contribution in [1.82, 2.24) is 15.4 Å². The fourth-order valence-electron chi connectivity index (χ4n) is 12.1. The first-order valence-corrected chi connectivity index (χ1v) is 47.7. The van der Waals surface area contributed by atoms with Gasteiger partial charge in [-0.1, -0.05) is 35.3 Å². The third-order valence-corrected chi connectivity index (χ3v) is 23.8. The number of methoxy groups -OCH3 is 1. The van der Waals surface area contributed by atoms with Gasteiger partial charge in [0, 0.05) is 87.5 Å². The van der Waals surface area contributed by atoms with Crippen molar-refractivity contribution in [2.75, 3.05) is 13.7 Å². The van der Waals surface area contributed by atoms with Crippen LogP contribution in [0.5, 0.6) is 46.0 Å². The molecule has 1 aromatic heterocycles. The van der Waals surface area contributed by atoms with Gasteiger partial charge < -0.3 is 45.2 Å². The highest BCUT2D eigenvalue weighted by atomic mass is 79.9. The number of fused-ring (bicyclic) bond motifs is 1. The fourth-order valence-corrected chi connectivity index (χ4v) is 16.6. The van der Waals surface area contributed by atoms with E-state index < -0.39 is 11.7 Å². The van der Waals surface area contributed by atoms with Crippen LogP contribution in [-0.4, -0.2) is 114 Å². The molecule has 0 aliphatic carbocycles. The molecule has 0 unspecified atom stereocenters. The Morgan fingerprint density at radius 2 is 0.691 bits per heavy atom. The number of ether oxygens (including phenoxy) is 2. The number of hydrogen-bond donors (Lipinski definition) is 8. The number of hydrogen-bond acceptors (Lipinski definition) is 20. The zero-order valence-electron chi connectivity index (χ0n) is 75.3. The molecule has 0 amide bonds. The summed E-state index contributed by atoms with van der Waals surface area (Å²) in [6, 6.07) is 70.9. The number of halogens is 13. The summed E-state index contributed by atoms with van der Waals surface area (Å²) in [6.45, 7) is 15.7. The maximum absolute atomic E-state index is 12.7. The molecule has 21 nitrogen and oxygen atoms in total. The largest absolute Gasteiger partial charge is 0.506 e. The summed E-state index contributed by atoms with van der Waals surface area (Å²) >= 11 is 34.6. The van der Waals surface area contributed by atoms with E-state index in [1.54, 1.807) is 112 Å². The second-order valence-corrected chi connectivity index (χ2v) is 37.0. The molecule has 15 rings (SSSR count). The Morgan fingerprint density at radius 1 is 0.396 bits per heavy atom. The Hall–Kier alpha value is -12.8. The number of carbonyl (C=O) groups is 1. The van der Waals surface area contributed by atoms with Gasteiger partial charge in [0.15, 0.2) is 0 Å². The minimum absolute atomic E-state index is 0.00242. The monoisotopic (exact) mass is 2360 g/mol. The van der Waals surface area contributed by atoms with E-state index in [1.165, 1.54) is 24.4 Å². The van der Waals surface area contributed by atoms with Gasteiger partial charge in [-0.15, -0.1) is 0 Å². The number of H-pyrrole nitrogens is 1. The predicted octanol–water partition coefficient (Wildman–Crippen LogP) is 31.5. The molecule has 14 aromatic carbocycles. The smallest absolute Gasteiger partial charge is 0.416 e. The van der Waals surface area contributed by atoms with Crippen LogP contribution in [0.1, 0.15) is 106 Å². The summed E-state index contributed by atoms with van der Waals surface area (Å²) in [7, 11) is 1.63. The van der Waals surface area contributed by atoms with Crippen LogP contribution in [0.4, 0.5) is 57.4 Å². The van der Waals surface area contributed by atoms with E-state index in [0.717, 1.165) is 96.2 Å². The van der Waals surface area contributed by atoms with Crippen molar-refractivity contribution in [3.8, 4) is 52.1 Å². The zero-order valence-corrected chi connectivity index (χ0v) is 87.9. The lowest BCUT2D eigenvalue weighted by Crippen LogP contribution is -2.04. The number of nitrogens with zero attached hydrogens (tertiary/aromatic N) is 10. The van der Waals surface area contributed by atoms with E-state index in [4.69, 9.17) is 37.9 Å². The van der Waals surface area contributed by atoms with Gasteiger partial charge >= 0.3 is 12.1 Å². The number of phenolic OH excluding ortho intramolecular Hbond substituents is 7. The molecule has 139 heavy (non-hydrogen) atoms. The molecular formula is C105H86Br7Cl2F4N11O10. The number of aromatic nitrogens is 3. The van der Waals surface area contributed by atoms with Crippen molar-refractivity contribution in [2.45, 2.75) is 68.0 Å². The van der Waals surface area contributed by atoms with E-state index in [2.05, 4.69) is 168 Å². The van der Waals surface area contributed by atoms with Gasteiger partial charge in [0.2, 0.25) is 0 Å². The number of nitrogens with one attached hydrogen (secondary N) is 1. The van der Waals surface area contributed by atoms with Crippen molar-refractivity contribution in [2.24, 2.45) is 34.9 Å². The van der Waals surface area contributed by atoms with Gasteiger partial charge in [0.05, 0.1) is 113 Å². The Kier molecular flexibility index (Phi) is 42.2. The molecule has 0 aliphatic heterocycles. The quantitative estimate of drug-likeness (QED) is 0.0225. The second kappa shape index (κ2) is 53.4. The van der Waals surface area contributed by atoms with Gasteiger partial charge in [-0.25, -0.2) is 9.18 Å². The number of aryl methyl sites for hydroxylation is 7. The highest BCUT2D eigenvalue weighted by Crippen LogP contribution is 2.39. The number of aliphatic imine (C=N–C) groups is 7. The van der Waals surface area contributed by atoms with Crippen LogP contribution in [0, 0.1) is 65.6 Å². The van der Waals surface area contributed by atoms with Crippen molar-refractivity contribution >= 4 is 235 Å². The number of benzene rings is 14. The molecule has 0 radical (unpaired) electrons. The zero-order chi connectivity index (χ0) is 101. The maximum Gasteiger partial charge on any atom is 0.416 e. The number of alkyl halides is 3. The fraction of sp³-hybridized carbons (Fsp3) is 0.114. The minimum atomic E-state index is -4.45. The summed E-state index contributed by atoms with van der Waals surface area (Å²) in [4.78, 5) is 41.4. The lowest BCUT2D eigenvalue weighted by molar-refractivity contribution is -0.137. The Morgan fingerprint density at radius 3 is 1.01 bits per heavy atom. The average Bonchev–Trinajstić information content (AvgIpc) is 1.61. The van der Waals surface area contributed by atoms with Crippen LogP contribution < -0.4 is 4.74 Å². The van der Waals surface area contributed by atoms with E-state index in [-0.39, 0.29) is 62.7 Å². The van der Waals surface area contributed by atoms with Crippen LogP contribution in [0.2, 0.25) is 10.0 Å². The van der Waals surface area contributed by atoms with Crippen molar-refractivity contribution in [1.29, 1.82) is 5.26 Å². The topological polar surface area (TPSA) is 329 Å².